The second-order valence-corrected chi connectivity index (χ2v) is 7.34. The van der Waals surface area contributed by atoms with Gasteiger partial charge in [0.15, 0.2) is 0 Å². The smallest absolute Gasteiger partial charge is 0.398 e. The Morgan fingerprint density at radius 3 is 2.27 bits per heavy atom. The molecule has 0 atom stereocenters. The van der Waals surface area contributed by atoms with E-state index >= 15 is 0 Å². The summed E-state index contributed by atoms with van der Waals surface area (Å²) in [5.74, 6) is -1.33. The van der Waals surface area contributed by atoms with Crippen molar-refractivity contribution < 1.29 is 22.5 Å². The molecule has 0 aliphatic carbocycles. The van der Waals surface area contributed by atoms with Gasteiger partial charge in [-0.15, -0.1) is 0 Å². The molecule has 1 aromatic carbocycles. The minimum Gasteiger partial charge on any atom is -0.398 e. The molecule has 1 aliphatic heterocycles. The highest BCUT2D eigenvalue weighted by atomic mass is 19.1. The van der Waals surface area contributed by atoms with Crippen LogP contribution in [0, 0.1) is 11.6 Å². The fraction of sp³-hybridized carbons (Fsp3) is 0.389. The molecule has 138 valence electrons. The Bertz CT molecular complexity index is 812. The summed E-state index contributed by atoms with van der Waals surface area (Å²) in [7, 11) is -1.12. The molecule has 0 N–H and O–H groups in total. The lowest BCUT2D eigenvalue weighted by Gasteiger charge is -2.32. The van der Waals surface area contributed by atoms with E-state index in [4.69, 9.17) is 9.31 Å². The van der Waals surface area contributed by atoms with Crippen molar-refractivity contribution in [2.45, 2.75) is 45.4 Å². The molecule has 0 saturated carbocycles. The topological polar surface area (TPSA) is 36.3 Å². The minimum atomic E-state index is -1.12. The fourth-order valence-electron chi connectivity index (χ4n) is 2.65. The highest BCUT2D eigenvalue weighted by Crippen LogP contribution is 2.39. The van der Waals surface area contributed by atoms with E-state index < -0.39 is 35.7 Å². The summed E-state index contributed by atoms with van der Waals surface area (Å²) < 4.78 is 54.3. The minimum absolute atomic E-state index is 0.150. The summed E-state index contributed by atoms with van der Waals surface area (Å²) in [5, 5.41) is 0. The van der Waals surface area contributed by atoms with Crippen LogP contribution in [0.3, 0.4) is 0 Å². The van der Waals surface area contributed by atoms with E-state index in [0.717, 1.165) is 6.07 Å². The Kier molecular flexibility index (Phi) is 4.75. The Balaban J connectivity index is 1.81. The van der Waals surface area contributed by atoms with Crippen molar-refractivity contribution in [3.05, 3.63) is 59.3 Å². The number of hydrogen-bond acceptors (Lipinski definition) is 3. The van der Waals surface area contributed by atoms with Crippen molar-refractivity contribution in [2.24, 2.45) is 0 Å². The normalized spacial score (nSPS) is 19.2. The summed E-state index contributed by atoms with van der Waals surface area (Å²) in [6.07, 6.45) is 4.18. The molecule has 0 spiro atoms. The molecule has 1 aromatic heterocycles. The number of nitrogens with zero attached hydrogens (tertiary/aromatic N) is 2. The molecule has 2 aromatic rings. The number of aromatic nitrogens is 2. The van der Waals surface area contributed by atoms with Gasteiger partial charge in [0.1, 0.15) is 17.4 Å². The Hall–Kier alpha value is -2.06. The van der Waals surface area contributed by atoms with Crippen LogP contribution in [0.5, 0.6) is 0 Å². The summed E-state index contributed by atoms with van der Waals surface area (Å²) in [4.78, 5) is 3.98. The molecular formula is C18H20BF3N2O2. The first-order valence-corrected chi connectivity index (χ1v) is 8.25. The highest BCUT2D eigenvalue weighted by molar-refractivity contribution is 6.54. The van der Waals surface area contributed by atoms with E-state index in [1.54, 1.807) is 4.57 Å². The molecule has 3 rings (SSSR count). The summed E-state index contributed by atoms with van der Waals surface area (Å²) >= 11 is 0. The van der Waals surface area contributed by atoms with Crippen LogP contribution in [0.15, 0.2) is 36.4 Å². The van der Waals surface area contributed by atoms with Crippen molar-refractivity contribution in [1.29, 1.82) is 0 Å². The second kappa shape index (κ2) is 6.59. The maximum atomic E-state index is 14.7. The second-order valence-electron chi connectivity index (χ2n) is 7.34. The van der Waals surface area contributed by atoms with Crippen LogP contribution in [-0.4, -0.2) is 27.9 Å². The van der Waals surface area contributed by atoms with Gasteiger partial charge in [0.2, 0.25) is 0 Å². The zero-order chi connectivity index (χ0) is 19.1. The molecule has 0 amide bonds. The zero-order valence-corrected chi connectivity index (χ0v) is 15.1. The zero-order valence-electron chi connectivity index (χ0n) is 15.1. The van der Waals surface area contributed by atoms with Gasteiger partial charge in [-0.2, -0.15) is 0 Å². The van der Waals surface area contributed by atoms with E-state index in [9.17, 15) is 13.2 Å². The van der Waals surface area contributed by atoms with Crippen molar-refractivity contribution >= 4 is 13.2 Å². The van der Waals surface area contributed by atoms with E-state index in [0.29, 0.717) is 11.3 Å². The van der Waals surface area contributed by atoms with Gasteiger partial charge >= 0.3 is 7.12 Å². The Morgan fingerprint density at radius 1 is 1.12 bits per heavy atom. The Morgan fingerprint density at radius 2 is 1.69 bits per heavy atom. The van der Waals surface area contributed by atoms with Gasteiger partial charge in [0.25, 0.3) is 0 Å². The molecular weight excluding hydrogens is 344 g/mol. The van der Waals surface area contributed by atoms with Gasteiger partial charge in [-0.05, 0) is 51.5 Å². The van der Waals surface area contributed by atoms with E-state index in [2.05, 4.69) is 4.98 Å². The number of imidazole rings is 1. The predicted octanol–water partition coefficient (Wildman–Crippen LogP) is 4.15. The van der Waals surface area contributed by atoms with Gasteiger partial charge in [0, 0.05) is 12.6 Å². The highest BCUT2D eigenvalue weighted by Gasteiger charge is 2.53. The van der Waals surface area contributed by atoms with Crippen LogP contribution in [-0.2, 0) is 15.9 Å². The van der Waals surface area contributed by atoms with Crippen LogP contribution >= 0.6 is 0 Å². The van der Waals surface area contributed by atoms with Gasteiger partial charge < -0.3 is 13.9 Å². The maximum Gasteiger partial charge on any atom is 0.525 e. The molecule has 1 saturated heterocycles. The average molecular weight is 364 g/mol. The third-order valence-electron chi connectivity index (χ3n) is 4.78. The van der Waals surface area contributed by atoms with Crippen molar-refractivity contribution in [3.63, 3.8) is 0 Å². The SMILES string of the molecule is CC1(C)OB(C(F)=Cc2cncn2Cc2cc(F)cc(F)c2)OC1(C)C. The monoisotopic (exact) mass is 364 g/mol. The average Bonchev–Trinajstić information content (AvgIpc) is 3.00. The fourth-order valence-corrected chi connectivity index (χ4v) is 2.65. The molecule has 26 heavy (non-hydrogen) atoms. The molecule has 1 aliphatic rings. The predicted molar refractivity (Wildman–Crippen MR) is 92.9 cm³/mol. The Labute approximate surface area is 150 Å². The van der Waals surface area contributed by atoms with E-state index in [1.165, 1.54) is 30.7 Å². The van der Waals surface area contributed by atoms with Crippen molar-refractivity contribution in [3.8, 4) is 0 Å². The van der Waals surface area contributed by atoms with Crippen LogP contribution in [0.4, 0.5) is 13.2 Å². The van der Waals surface area contributed by atoms with Gasteiger partial charge in [-0.3, -0.25) is 0 Å². The molecule has 4 nitrogen and oxygen atoms in total. The van der Waals surface area contributed by atoms with Crippen LogP contribution < -0.4 is 0 Å². The lowest BCUT2D eigenvalue weighted by atomic mass is 9.87. The van der Waals surface area contributed by atoms with Crippen LogP contribution in [0.25, 0.3) is 6.08 Å². The number of benzene rings is 1. The number of hydrogen-bond donors (Lipinski definition) is 0. The summed E-state index contributed by atoms with van der Waals surface area (Å²) in [6.45, 7) is 7.50. The standard InChI is InChI=1S/C18H20BF3N2O2/c1-17(2)18(3,4)26-19(25-17)16(22)8-15-9-23-11-24(15)10-12-5-13(20)7-14(21)6-12/h5-9,11H,10H2,1-4H3. The van der Waals surface area contributed by atoms with Crippen LogP contribution in [0.2, 0.25) is 0 Å². The molecule has 1 fully saturated rings. The lowest BCUT2D eigenvalue weighted by Crippen LogP contribution is -2.41. The largest absolute Gasteiger partial charge is 0.525 e. The third kappa shape index (κ3) is 3.71. The van der Waals surface area contributed by atoms with Gasteiger partial charge in [-0.25, -0.2) is 18.2 Å². The quantitative estimate of drug-likeness (QED) is 0.765. The summed E-state index contributed by atoms with van der Waals surface area (Å²) in [5.41, 5.74) is -1.06. The first-order chi connectivity index (χ1) is 12.1. The lowest BCUT2D eigenvalue weighted by molar-refractivity contribution is 0.00578. The molecule has 2 heterocycles. The number of rotatable bonds is 4. The molecule has 0 unspecified atom stereocenters. The molecule has 0 bridgehead atoms. The third-order valence-corrected chi connectivity index (χ3v) is 4.78. The number of halogens is 3. The van der Waals surface area contributed by atoms with Gasteiger partial charge in [-0.1, -0.05) is 0 Å². The van der Waals surface area contributed by atoms with Gasteiger partial charge in [0.05, 0.1) is 29.4 Å². The summed E-state index contributed by atoms with van der Waals surface area (Å²) in [6, 6.07) is 3.25. The van der Waals surface area contributed by atoms with E-state index in [-0.39, 0.29) is 6.54 Å². The molecule has 0 radical (unpaired) electrons. The maximum absolute atomic E-state index is 14.7. The van der Waals surface area contributed by atoms with E-state index in [1.807, 2.05) is 27.7 Å². The van der Waals surface area contributed by atoms with Crippen molar-refractivity contribution in [1.82, 2.24) is 9.55 Å². The first-order valence-electron chi connectivity index (χ1n) is 8.25. The van der Waals surface area contributed by atoms with Crippen molar-refractivity contribution in [2.75, 3.05) is 0 Å². The first kappa shape index (κ1) is 18.7. The van der Waals surface area contributed by atoms with Crippen LogP contribution in [0.1, 0.15) is 39.0 Å². The molecule has 8 heteroatoms.